The molecule has 1 atom stereocenters. The lowest BCUT2D eigenvalue weighted by atomic mass is 10.1. The van der Waals surface area contributed by atoms with Crippen LogP contribution in [0.3, 0.4) is 0 Å². The van der Waals surface area contributed by atoms with E-state index >= 15 is 0 Å². The van der Waals surface area contributed by atoms with Crippen molar-refractivity contribution in [2.75, 3.05) is 26.2 Å². The number of hydrogen-bond donors (Lipinski definition) is 1. The molecular weight excluding hydrogens is 320 g/mol. The molecule has 25 heavy (non-hydrogen) atoms. The van der Waals surface area contributed by atoms with Gasteiger partial charge in [-0.1, -0.05) is 13.3 Å². The third-order valence-corrected chi connectivity index (χ3v) is 4.81. The average molecular weight is 347 g/mol. The molecular formula is C17H27N6O2+. The van der Waals surface area contributed by atoms with Gasteiger partial charge in [0, 0.05) is 6.42 Å². The maximum Gasteiger partial charge on any atom is 0.289 e. The summed E-state index contributed by atoms with van der Waals surface area (Å²) in [6.07, 6.45) is 3.65. The van der Waals surface area contributed by atoms with Crippen molar-refractivity contribution < 1.29 is 14.1 Å². The molecule has 0 radical (unpaired) electrons. The van der Waals surface area contributed by atoms with Crippen LogP contribution in [-0.4, -0.2) is 57.2 Å². The Morgan fingerprint density at radius 2 is 2.12 bits per heavy atom. The zero-order chi connectivity index (χ0) is 17.8. The topological polar surface area (TPSA) is 81.5 Å². The summed E-state index contributed by atoms with van der Waals surface area (Å²) in [6.45, 7) is 9.60. The Kier molecular flexibility index (Phi) is 5.47. The second kappa shape index (κ2) is 7.77. The normalized spacial score (nSPS) is 17.2. The van der Waals surface area contributed by atoms with Gasteiger partial charge in [-0.05, 0) is 36.4 Å². The fraction of sp³-hybridized carbons (Fsp3) is 0.647. The van der Waals surface area contributed by atoms with Crippen molar-refractivity contribution in [3.63, 3.8) is 0 Å². The average Bonchev–Trinajstić information content (AvgIpc) is 3.30. The van der Waals surface area contributed by atoms with Crippen molar-refractivity contribution in [3.8, 4) is 0 Å². The fourth-order valence-corrected chi connectivity index (χ4v) is 3.50. The quantitative estimate of drug-likeness (QED) is 0.833. The van der Waals surface area contributed by atoms with Crippen LogP contribution in [0.1, 0.15) is 62.1 Å². The standard InChI is InChI=1S/C17H26N6O2/c1-4-6-14(16-18-19-20-23(16)13(2)3)21-8-10-22(11-9-21)17(24)15-7-5-12-25-15/h5,7,12-14H,4,6,8-11H2,1-3H3/p+1/t14-/m1/s1. The minimum absolute atomic E-state index is 0.0249. The van der Waals surface area contributed by atoms with E-state index in [1.54, 1.807) is 12.1 Å². The van der Waals surface area contributed by atoms with Crippen molar-refractivity contribution in [2.24, 2.45) is 0 Å². The number of furan rings is 1. The molecule has 2 aromatic heterocycles. The number of quaternary nitrogens is 1. The number of amides is 1. The van der Waals surface area contributed by atoms with Crippen LogP contribution in [0.2, 0.25) is 0 Å². The molecule has 0 spiro atoms. The van der Waals surface area contributed by atoms with E-state index in [-0.39, 0.29) is 18.0 Å². The first kappa shape index (κ1) is 17.6. The van der Waals surface area contributed by atoms with E-state index in [0.717, 1.165) is 44.8 Å². The summed E-state index contributed by atoms with van der Waals surface area (Å²) in [5.74, 6) is 1.35. The summed E-state index contributed by atoms with van der Waals surface area (Å²) >= 11 is 0. The summed E-state index contributed by atoms with van der Waals surface area (Å²) in [6, 6.07) is 3.98. The summed E-state index contributed by atoms with van der Waals surface area (Å²) in [5, 5.41) is 12.4. The molecule has 8 heteroatoms. The first-order chi connectivity index (χ1) is 12.1. The van der Waals surface area contributed by atoms with Gasteiger partial charge in [0.25, 0.3) is 5.91 Å². The molecule has 0 aliphatic carbocycles. The SMILES string of the molecule is CCC[C@H](c1nnnn1C(C)C)[NH+]1CCN(C(=O)c2ccco2)CC1. The zero-order valence-corrected chi connectivity index (χ0v) is 15.2. The largest absolute Gasteiger partial charge is 0.459 e. The maximum absolute atomic E-state index is 12.4. The summed E-state index contributed by atoms with van der Waals surface area (Å²) < 4.78 is 7.16. The maximum atomic E-state index is 12.4. The molecule has 3 heterocycles. The molecule has 1 saturated heterocycles. The van der Waals surface area contributed by atoms with E-state index in [4.69, 9.17) is 4.42 Å². The molecule has 0 unspecified atom stereocenters. The van der Waals surface area contributed by atoms with E-state index in [1.165, 1.54) is 11.2 Å². The van der Waals surface area contributed by atoms with E-state index in [9.17, 15) is 4.79 Å². The van der Waals surface area contributed by atoms with Crippen molar-refractivity contribution >= 4 is 5.91 Å². The first-order valence-corrected chi connectivity index (χ1v) is 9.07. The molecule has 1 amide bonds. The number of piperazine rings is 1. The molecule has 1 N–H and O–H groups in total. The van der Waals surface area contributed by atoms with E-state index < -0.39 is 0 Å². The van der Waals surface area contributed by atoms with Crippen molar-refractivity contribution in [3.05, 3.63) is 30.0 Å². The lowest BCUT2D eigenvalue weighted by Gasteiger charge is -2.35. The molecule has 136 valence electrons. The van der Waals surface area contributed by atoms with Crippen molar-refractivity contribution in [1.82, 2.24) is 25.1 Å². The van der Waals surface area contributed by atoms with Gasteiger partial charge in [-0.3, -0.25) is 4.79 Å². The number of tetrazole rings is 1. The number of nitrogens with zero attached hydrogens (tertiary/aromatic N) is 5. The van der Waals surface area contributed by atoms with E-state index in [0.29, 0.717) is 5.76 Å². The predicted octanol–water partition coefficient (Wildman–Crippen LogP) is 0.729. The zero-order valence-electron chi connectivity index (χ0n) is 15.2. The Hall–Kier alpha value is -2.22. The number of hydrogen-bond acceptors (Lipinski definition) is 5. The lowest BCUT2D eigenvalue weighted by Crippen LogP contribution is -3.15. The summed E-state index contributed by atoms with van der Waals surface area (Å²) in [7, 11) is 0. The van der Waals surface area contributed by atoms with Gasteiger partial charge in [0.2, 0.25) is 5.82 Å². The van der Waals surface area contributed by atoms with Crippen LogP contribution < -0.4 is 4.90 Å². The number of nitrogens with one attached hydrogen (secondary N) is 1. The third kappa shape index (κ3) is 3.73. The Morgan fingerprint density at radius 1 is 1.36 bits per heavy atom. The van der Waals surface area contributed by atoms with Gasteiger partial charge in [-0.15, -0.1) is 5.10 Å². The Morgan fingerprint density at radius 3 is 2.72 bits per heavy atom. The van der Waals surface area contributed by atoms with Gasteiger partial charge in [-0.2, -0.15) is 0 Å². The van der Waals surface area contributed by atoms with E-state index in [2.05, 4.69) is 36.3 Å². The lowest BCUT2D eigenvalue weighted by molar-refractivity contribution is -0.936. The summed E-state index contributed by atoms with van der Waals surface area (Å²) in [5.41, 5.74) is 0. The molecule has 0 bridgehead atoms. The molecule has 1 aliphatic rings. The van der Waals surface area contributed by atoms with Crippen LogP contribution in [0.5, 0.6) is 0 Å². The fourth-order valence-electron chi connectivity index (χ4n) is 3.50. The highest BCUT2D eigenvalue weighted by atomic mass is 16.3. The molecule has 1 aliphatic heterocycles. The first-order valence-electron chi connectivity index (χ1n) is 9.07. The molecule has 0 aromatic carbocycles. The second-order valence-corrected chi connectivity index (χ2v) is 6.84. The van der Waals surface area contributed by atoms with Gasteiger partial charge in [0.05, 0.1) is 38.5 Å². The van der Waals surface area contributed by atoms with Crippen molar-refractivity contribution in [2.45, 2.75) is 45.7 Å². The second-order valence-electron chi connectivity index (χ2n) is 6.84. The van der Waals surface area contributed by atoms with Gasteiger partial charge >= 0.3 is 0 Å². The van der Waals surface area contributed by atoms with Crippen molar-refractivity contribution in [1.29, 1.82) is 0 Å². The van der Waals surface area contributed by atoms with Crippen LogP contribution in [0.4, 0.5) is 0 Å². The number of carbonyl (C=O) groups excluding carboxylic acids is 1. The Bertz CT molecular complexity index is 673. The van der Waals surface area contributed by atoms with Crippen LogP contribution in [-0.2, 0) is 0 Å². The number of rotatable bonds is 6. The van der Waals surface area contributed by atoms with Crippen LogP contribution in [0.15, 0.2) is 22.8 Å². The minimum Gasteiger partial charge on any atom is -0.459 e. The smallest absolute Gasteiger partial charge is 0.289 e. The number of carbonyl (C=O) groups is 1. The Labute approximate surface area is 147 Å². The molecule has 3 rings (SSSR count). The highest BCUT2D eigenvalue weighted by Gasteiger charge is 2.34. The van der Waals surface area contributed by atoms with Gasteiger partial charge < -0.3 is 14.2 Å². The van der Waals surface area contributed by atoms with E-state index in [1.807, 2.05) is 9.58 Å². The molecule has 2 aromatic rings. The monoisotopic (exact) mass is 347 g/mol. The van der Waals surface area contributed by atoms with Crippen LogP contribution >= 0.6 is 0 Å². The molecule has 8 nitrogen and oxygen atoms in total. The van der Waals surface area contributed by atoms with Crippen LogP contribution in [0, 0.1) is 0 Å². The predicted molar refractivity (Wildman–Crippen MR) is 91.2 cm³/mol. The number of aromatic nitrogens is 4. The van der Waals surface area contributed by atoms with Gasteiger partial charge in [-0.25, -0.2) is 4.68 Å². The molecule has 1 fully saturated rings. The third-order valence-electron chi connectivity index (χ3n) is 4.81. The highest BCUT2D eigenvalue weighted by Crippen LogP contribution is 2.16. The highest BCUT2D eigenvalue weighted by molar-refractivity contribution is 5.91. The van der Waals surface area contributed by atoms with Gasteiger partial charge in [0.1, 0.15) is 6.04 Å². The summed E-state index contributed by atoms with van der Waals surface area (Å²) in [4.78, 5) is 15.7. The Balaban J connectivity index is 1.68. The minimum atomic E-state index is -0.0249. The van der Waals surface area contributed by atoms with Crippen LogP contribution in [0.25, 0.3) is 0 Å². The molecule has 0 saturated carbocycles. The van der Waals surface area contributed by atoms with Gasteiger partial charge in [0.15, 0.2) is 5.76 Å².